The molecule has 20 heavy (non-hydrogen) atoms. The van der Waals surface area contributed by atoms with Crippen molar-refractivity contribution < 1.29 is 4.39 Å². The minimum Gasteiger partial charge on any atom is -0.309 e. The van der Waals surface area contributed by atoms with Crippen molar-refractivity contribution in [2.75, 3.05) is 7.05 Å². The Hall–Kier alpha value is -2.33. The standard InChI is InChI=1S/C16H14FN3/c1-18-15(11-5-2-3-7-13(11)17)12-6-4-8-14-16(12)20-10-9-19-14/h2-10,15,18H,1H3. The average molecular weight is 267 g/mol. The second-order valence-corrected chi connectivity index (χ2v) is 4.51. The van der Waals surface area contributed by atoms with E-state index in [0.717, 1.165) is 16.6 Å². The highest BCUT2D eigenvalue weighted by Crippen LogP contribution is 2.28. The highest BCUT2D eigenvalue weighted by molar-refractivity contribution is 5.78. The third kappa shape index (κ3) is 2.14. The monoisotopic (exact) mass is 267 g/mol. The van der Waals surface area contributed by atoms with Crippen LogP contribution in [0.2, 0.25) is 0 Å². The van der Waals surface area contributed by atoms with Crippen LogP contribution >= 0.6 is 0 Å². The minimum atomic E-state index is -0.253. The van der Waals surface area contributed by atoms with Gasteiger partial charge in [-0.15, -0.1) is 0 Å². The Labute approximate surface area is 116 Å². The number of hydrogen-bond donors (Lipinski definition) is 1. The summed E-state index contributed by atoms with van der Waals surface area (Å²) < 4.78 is 14.0. The van der Waals surface area contributed by atoms with Gasteiger partial charge in [0.2, 0.25) is 0 Å². The predicted octanol–water partition coefficient (Wildman–Crippen LogP) is 3.08. The average Bonchev–Trinajstić information content (AvgIpc) is 2.50. The van der Waals surface area contributed by atoms with E-state index in [-0.39, 0.29) is 11.9 Å². The number of aromatic nitrogens is 2. The fourth-order valence-corrected chi connectivity index (χ4v) is 2.44. The Morgan fingerprint density at radius 3 is 2.50 bits per heavy atom. The van der Waals surface area contributed by atoms with Crippen LogP contribution in [0.15, 0.2) is 54.9 Å². The number of para-hydroxylation sites is 1. The van der Waals surface area contributed by atoms with Gasteiger partial charge in [0.15, 0.2) is 0 Å². The summed E-state index contributed by atoms with van der Waals surface area (Å²) in [7, 11) is 1.81. The zero-order valence-corrected chi connectivity index (χ0v) is 11.0. The van der Waals surface area contributed by atoms with Crippen LogP contribution in [0.4, 0.5) is 4.39 Å². The molecule has 1 heterocycles. The molecular weight excluding hydrogens is 253 g/mol. The van der Waals surface area contributed by atoms with Crippen LogP contribution in [-0.2, 0) is 0 Å². The zero-order chi connectivity index (χ0) is 13.9. The van der Waals surface area contributed by atoms with Crippen molar-refractivity contribution in [3.63, 3.8) is 0 Å². The summed E-state index contributed by atoms with van der Waals surface area (Å²) in [5, 5.41) is 3.16. The van der Waals surface area contributed by atoms with Gasteiger partial charge in [0.1, 0.15) is 5.82 Å². The molecule has 3 nitrogen and oxygen atoms in total. The number of benzene rings is 2. The van der Waals surface area contributed by atoms with E-state index in [0.29, 0.717) is 5.56 Å². The Morgan fingerprint density at radius 1 is 0.950 bits per heavy atom. The molecule has 0 aliphatic heterocycles. The van der Waals surface area contributed by atoms with Crippen molar-refractivity contribution in [1.82, 2.24) is 15.3 Å². The molecule has 0 bridgehead atoms. The molecule has 0 amide bonds. The van der Waals surface area contributed by atoms with Gasteiger partial charge in [0.05, 0.1) is 17.1 Å². The molecule has 0 aliphatic rings. The van der Waals surface area contributed by atoms with Crippen LogP contribution in [0.5, 0.6) is 0 Å². The first-order valence-electron chi connectivity index (χ1n) is 6.42. The van der Waals surface area contributed by atoms with E-state index < -0.39 is 0 Å². The summed E-state index contributed by atoms with van der Waals surface area (Å²) in [5.74, 6) is -0.229. The molecule has 1 aromatic heterocycles. The third-order valence-corrected chi connectivity index (χ3v) is 3.35. The summed E-state index contributed by atoms with van der Waals surface area (Å²) in [6, 6.07) is 12.3. The van der Waals surface area contributed by atoms with Gasteiger partial charge in [-0.2, -0.15) is 0 Å². The van der Waals surface area contributed by atoms with Crippen LogP contribution in [-0.4, -0.2) is 17.0 Å². The molecular formula is C16H14FN3. The van der Waals surface area contributed by atoms with Gasteiger partial charge in [-0.25, -0.2) is 4.39 Å². The van der Waals surface area contributed by atoms with E-state index in [4.69, 9.17) is 0 Å². The summed E-state index contributed by atoms with van der Waals surface area (Å²) in [6.07, 6.45) is 3.31. The van der Waals surface area contributed by atoms with Crippen molar-refractivity contribution in [3.8, 4) is 0 Å². The Morgan fingerprint density at radius 2 is 1.70 bits per heavy atom. The number of fused-ring (bicyclic) bond motifs is 1. The van der Waals surface area contributed by atoms with Crippen molar-refractivity contribution in [3.05, 3.63) is 71.8 Å². The lowest BCUT2D eigenvalue weighted by atomic mass is 9.97. The molecule has 0 saturated heterocycles. The van der Waals surface area contributed by atoms with Crippen molar-refractivity contribution in [2.45, 2.75) is 6.04 Å². The first kappa shape index (κ1) is 12.7. The molecule has 0 aliphatic carbocycles. The van der Waals surface area contributed by atoms with E-state index in [1.165, 1.54) is 6.07 Å². The van der Waals surface area contributed by atoms with Gasteiger partial charge in [0, 0.05) is 23.5 Å². The maximum atomic E-state index is 14.0. The van der Waals surface area contributed by atoms with Gasteiger partial charge in [-0.1, -0.05) is 30.3 Å². The topological polar surface area (TPSA) is 37.8 Å². The lowest BCUT2D eigenvalue weighted by molar-refractivity contribution is 0.577. The van der Waals surface area contributed by atoms with E-state index >= 15 is 0 Å². The largest absolute Gasteiger partial charge is 0.309 e. The second kappa shape index (κ2) is 5.35. The number of nitrogens with zero attached hydrogens (tertiary/aromatic N) is 2. The molecule has 100 valence electrons. The molecule has 1 atom stereocenters. The molecule has 2 aromatic carbocycles. The third-order valence-electron chi connectivity index (χ3n) is 3.35. The molecule has 0 spiro atoms. The number of rotatable bonds is 3. The van der Waals surface area contributed by atoms with E-state index in [1.807, 2.05) is 31.3 Å². The maximum Gasteiger partial charge on any atom is 0.128 e. The molecule has 0 fully saturated rings. The van der Waals surface area contributed by atoms with Gasteiger partial charge in [-0.3, -0.25) is 9.97 Å². The molecule has 4 heteroatoms. The van der Waals surface area contributed by atoms with E-state index in [2.05, 4.69) is 15.3 Å². The number of nitrogens with one attached hydrogen (secondary N) is 1. The predicted molar refractivity (Wildman–Crippen MR) is 76.8 cm³/mol. The molecule has 0 saturated carbocycles. The van der Waals surface area contributed by atoms with Gasteiger partial charge >= 0.3 is 0 Å². The molecule has 1 unspecified atom stereocenters. The lowest BCUT2D eigenvalue weighted by Crippen LogP contribution is -2.19. The smallest absolute Gasteiger partial charge is 0.128 e. The SMILES string of the molecule is CNC(c1ccccc1F)c1cccc2nccnc12. The molecule has 3 rings (SSSR count). The van der Waals surface area contributed by atoms with E-state index in [9.17, 15) is 4.39 Å². The Kier molecular flexibility index (Phi) is 3.39. The lowest BCUT2D eigenvalue weighted by Gasteiger charge is -2.19. The van der Waals surface area contributed by atoms with Crippen molar-refractivity contribution in [1.29, 1.82) is 0 Å². The quantitative estimate of drug-likeness (QED) is 0.792. The van der Waals surface area contributed by atoms with Crippen LogP contribution in [0.25, 0.3) is 11.0 Å². The molecule has 1 N–H and O–H groups in total. The summed E-state index contributed by atoms with van der Waals surface area (Å²) in [4.78, 5) is 8.67. The first-order valence-corrected chi connectivity index (χ1v) is 6.42. The summed E-state index contributed by atoms with van der Waals surface area (Å²) in [6.45, 7) is 0. The van der Waals surface area contributed by atoms with Crippen LogP contribution in [0.3, 0.4) is 0 Å². The Balaban J connectivity index is 2.20. The van der Waals surface area contributed by atoms with Gasteiger partial charge < -0.3 is 5.32 Å². The summed E-state index contributed by atoms with van der Waals surface area (Å²) in [5.41, 5.74) is 3.12. The highest BCUT2D eigenvalue weighted by Gasteiger charge is 2.18. The normalized spacial score (nSPS) is 12.5. The number of hydrogen-bond acceptors (Lipinski definition) is 3. The first-order chi connectivity index (χ1) is 9.81. The van der Waals surface area contributed by atoms with Crippen LogP contribution < -0.4 is 5.32 Å². The van der Waals surface area contributed by atoms with Crippen LogP contribution in [0, 0.1) is 5.82 Å². The second-order valence-electron chi connectivity index (χ2n) is 4.51. The Bertz CT molecular complexity index is 737. The zero-order valence-electron chi connectivity index (χ0n) is 11.0. The maximum absolute atomic E-state index is 14.0. The van der Waals surface area contributed by atoms with Gasteiger partial charge in [-0.05, 0) is 19.2 Å². The fourth-order valence-electron chi connectivity index (χ4n) is 2.44. The number of halogens is 1. The van der Waals surface area contributed by atoms with Gasteiger partial charge in [0.25, 0.3) is 0 Å². The van der Waals surface area contributed by atoms with Crippen LogP contribution in [0.1, 0.15) is 17.2 Å². The fraction of sp³-hybridized carbons (Fsp3) is 0.125. The highest BCUT2D eigenvalue weighted by atomic mass is 19.1. The molecule has 0 radical (unpaired) electrons. The minimum absolute atomic E-state index is 0.229. The molecule has 3 aromatic rings. The van der Waals surface area contributed by atoms with Crippen molar-refractivity contribution >= 4 is 11.0 Å². The summed E-state index contributed by atoms with van der Waals surface area (Å²) >= 11 is 0. The van der Waals surface area contributed by atoms with Crippen molar-refractivity contribution in [2.24, 2.45) is 0 Å². The van der Waals surface area contributed by atoms with E-state index in [1.54, 1.807) is 24.5 Å².